The summed E-state index contributed by atoms with van der Waals surface area (Å²) < 4.78 is 0. The molecule has 0 saturated carbocycles. The van der Waals surface area contributed by atoms with Gasteiger partial charge in [-0.25, -0.2) is 9.97 Å². The Bertz CT molecular complexity index is 946. The first-order valence-corrected chi connectivity index (χ1v) is 8.09. The number of nitrogens with one attached hydrogen (secondary N) is 2. The van der Waals surface area contributed by atoms with E-state index in [-0.39, 0.29) is 11.6 Å². The van der Waals surface area contributed by atoms with E-state index in [0.29, 0.717) is 29.4 Å². The summed E-state index contributed by atoms with van der Waals surface area (Å²) in [7, 11) is 0. The van der Waals surface area contributed by atoms with E-state index in [1.54, 1.807) is 30.3 Å². The number of hydrogen-bond acceptors (Lipinski definition) is 5. The first-order valence-electron chi connectivity index (χ1n) is 8.09. The van der Waals surface area contributed by atoms with Gasteiger partial charge in [-0.1, -0.05) is 30.3 Å². The zero-order valence-corrected chi connectivity index (χ0v) is 14.2. The first-order chi connectivity index (χ1) is 12.6. The van der Waals surface area contributed by atoms with Gasteiger partial charge in [0, 0.05) is 17.9 Å². The highest BCUT2D eigenvalue weighted by atomic mass is 16.1. The van der Waals surface area contributed by atoms with Crippen LogP contribution in [0.3, 0.4) is 0 Å². The molecule has 3 rings (SSSR count). The molecular weight excluding hydrogens is 326 g/mol. The van der Waals surface area contributed by atoms with Crippen molar-refractivity contribution in [3.63, 3.8) is 0 Å². The highest BCUT2D eigenvalue weighted by molar-refractivity contribution is 6.03. The Morgan fingerprint density at radius 3 is 2.50 bits per heavy atom. The molecule has 1 amide bonds. The van der Waals surface area contributed by atoms with Crippen molar-refractivity contribution in [1.82, 2.24) is 9.97 Å². The number of aromatic nitrogens is 2. The number of anilines is 2. The summed E-state index contributed by atoms with van der Waals surface area (Å²) in [5.41, 5.74) is 3.21. The smallest absolute Gasteiger partial charge is 0.274 e. The second kappa shape index (κ2) is 7.90. The van der Waals surface area contributed by atoms with Crippen LogP contribution in [0, 0.1) is 18.3 Å². The standard InChI is InChI=1S/C20H17N5O/c1-14-11-18(19(26)24-17-9-7-15(12-21)8-10-17)25-20(23-14)22-13-16-5-3-2-4-6-16/h2-11H,13H2,1H3,(H,24,26)(H,22,23,25). The molecule has 0 radical (unpaired) electrons. The molecule has 0 bridgehead atoms. The highest BCUT2D eigenvalue weighted by Crippen LogP contribution is 2.12. The molecule has 0 atom stereocenters. The van der Waals surface area contributed by atoms with E-state index >= 15 is 0 Å². The van der Waals surface area contributed by atoms with Gasteiger partial charge in [-0.15, -0.1) is 0 Å². The van der Waals surface area contributed by atoms with Crippen LogP contribution in [-0.4, -0.2) is 15.9 Å². The SMILES string of the molecule is Cc1cc(C(=O)Nc2ccc(C#N)cc2)nc(NCc2ccccc2)n1. The fourth-order valence-corrected chi connectivity index (χ4v) is 2.36. The number of carbonyl (C=O) groups is 1. The molecule has 6 nitrogen and oxygen atoms in total. The molecule has 2 aromatic carbocycles. The van der Waals surface area contributed by atoms with Crippen molar-refractivity contribution >= 4 is 17.5 Å². The lowest BCUT2D eigenvalue weighted by molar-refractivity contribution is 0.102. The van der Waals surface area contributed by atoms with Crippen LogP contribution in [0.5, 0.6) is 0 Å². The molecule has 2 N–H and O–H groups in total. The van der Waals surface area contributed by atoms with Gasteiger partial charge in [0.15, 0.2) is 0 Å². The Labute approximate surface area is 151 Å². The number of nitriles is 1. The van der Waals surface area contributed by atoms with E-state index in [1.807, 2.05) is 43.3 Å². The summed E-state index contributed by atoms with van der Waals surface area (Å²) in [6, 6.07) is 20.2. The van der Waals surface area contributed by atoms with E-state index in [4.69, 9.17) is 5.26 Å². The summed E-state index contributed by atoms with van der Waals surface area (Å²) in [6.45, 7) is 2.38. The fraction of sp³-hybridized carbons (Fsp3) is 0.100. The minimum absolute atomic E-state index is 0.275. The van der Waals surface area contributed by atoms with Crippen molar-refractivity contribution < 1.29 is 4.79 Å². The van der Waals surface area contributed by atoms with Gasteiger partial charge < -0.3 is 10.6 Å². The molecule has 1 aromatic heterocycles. The third-order valence-corrected chi connectivity index (χ3v) is 3.65. The third-order valence-electron chi connectivity index (χ3n) is 3.65. The van der Waals surface area contributed by atoms with Gasteiger partial charge in [0.05, 0.1) is 11.6 Å². The van der Waals surface area contributed by atoms with Gasteiger partial charge in [-0.3, -0.25) is 4.79 Å². The number of hydrogen-bond donors (Lipinski definition) is 2. The largest absolute Gasteiger partial charge is 0.350 e. The van der Waals surface area contributed by atoms with Gasteiger partial charge in [0.2, 0.25) is 5.95 Å². The van der Waals surface area contributed by atoms with Crippen LogP contribution < -0.4 is 10.6 Å². The third kappa shape index (κ3) is 4.42. The minimum atomic E-state index is -0.331. The number of benzene rings is 2. The first kappa shape index (κ1) is 17.1. The predicted octanol–water partition coefficient (Wildman–Crippen LogP) is 3.52. The zero-order chi connectivity index (χ0) is 18.4. The quantitative estimate of drug-likeness (QED) is 0.739. The van der Waals surface area contributed by atoms with Crippen LogP contribution in [0.4, 0.5) is 11.6 Å². The topological polar surface area (TPSA) is 90.7 Å². The van der Waals surface area contributed by atoms with Gasteiger partial charge >= 0.3 is 0 Å². The van der Waals surface area contributed by atoms with E-state index in [0.717, 1.165) is 5.56 Å². The van der Waals surface area contributed by atoms with Gasteiger partial charge in [-0.05, 0) is 42.8 Å². The summed E-state index contributed by atoms with van der Waals surface area (Å²) in [4.78, 5) is 21.1. The number of aryl methyl sites for hydroxylation is 1. The van der Waals surface area contributed by atoms with E-state index in [1.165, 1.54) is 0 Å². The molecule has 0 spiro atoms. The number of rotatable bonds is 5. The molecule has 0 unspecified atom stereocenters. The Balaban J connectivity index is 1.71. The van der Waals surface area contributed by atoms with Crippen LogP contribution in [-0.2, 0) is 6.54 Å². The average Bonchev–Trinajstić information content (AvgIpc) is 2.67. The zero-order valence-electron chi connectivity index (χ0n) is 14.2. The molecule has 128 valence electrons. The normalized spacial score (nSPS) is 10.0. The Hall–Kier alpha value is -3.72. The molecule has 0 fully saturated rings. The fourth-order valence-electron chi connectivity index (χ4n) is 2.36. The van der Waals surface area contributed by atoms with Gasteiger partial charge in [0.25, 0.3) is 5.91 Å². The van der Waals surface area contributed by atoms with Gasteiger partial charge in [0.1, 0.15) is 5.69 Å². The van der Waals surface area contributed by atoms with Crippen molar-refractivity contribution in [3.05, 3.63) is 83.2 Å². The lowest BCUT2D eigenvalue weighted by Crippen LogP contribution is -2.16. The van der Waals surface area contributed by atoms with Crippen LogP contribution in [0.2, 0.25) is 0 Å². The molecule has 0 aliphatic rings. The summed E-state index contributed by atoms with van der Waals surface area (Å²) >= 11 is 0. The van der Waals surface area contributed by atoms with Gasteiger partial charge in [-0.2, -0.15) is 5.26 Å². The summed E-state index contributed by atoms with van der Waals surface area (Å²) in [5, 5.41) is 14.7. The van der Waals surface area contributed by atoms with Crippen LogP contribution >= 0.6 is 0 Å². The monoisotopic (exact) mass is 343 g/mol. The maximum absolute atomic E-state index is 12.5. The number of amides is 1. The second-order valence-corrected chi connectivity index (χ2v) is 5.70. The van der Waals surface area contributed by atoms with Crippen molar-refractivity contribution in [3.8, 4) is 6.07 Å². The minimum Gasteiger partial charge on any atom is -0.350 e. The molecule has 0 aliphatic carbocycles. The number of carbonyl (C=O) groups excluding carboxylic acids is 1. The second-order valence-electron chi connectivity index (χ2n) is 5.70. The average molecular weight is 343 g/mol. The molecule has 26 heavy (non-hydrogen) atoms. The van der Waals surface area contributed by atoms with E-state index in [2.05, 4.69) is 20.6 Å². The molecule has 0 aliphatic heterocycles. The van der Waals surface area contributed by atoms with E-state index < -0.39 is 0 Å². The molecule has 3 aromatic rings. The highest BCUT2D eigenvalue weighted by Gasteiger charge is 2.11. The van der Waals surface area contributed by atoms with Crippen molar-refractivity contribution in [2.75, 3.05) is 10.6 Å². The Morgan fingerprint density at radius 2 is 1.81 bits per heavy atom. The van der Waals surface area contributed by atoms with Crippen LogP contribution in [0.15, 0.2) is 60.7 Å². The molecular formula is C20H17N5O. The van der Waals surface area contributed by atoms with Crippen LogP contribution in [0.25, 0.3) is 0 Å². The van der Waals surface area contributed by atoms with Crippen LogP contribution in [0.1, 0.15) is 27.3 Å². The lowest BCUT2D eigenvalue weighted by atomic mass is 10.2. The predicted molar refractivity (Wildman–Crippen MR) is 99.6 cm³/mol. The summed E-state index contributed by atoms with van der Waals surface area (Å²) in [5.74, 6) is 0.0711. The molecule has 0 saturated heterocycles. The Kier molecular flexibility index (Phi) is 5.20. The maximum atomic E-state index is 12.5. The maximum Gasteiger partial charge on any atom is 0.274 e. The van der Waals surface area contributed by atoms with Crippen molar-refractivity contribution in [2.24, 2.45) is 0 Å². The molecule has 6 heteroatoms. The van der Waals surface area contributed by atoms with Crippen molar-refractivity contribution in [2.45, 2.75) is 13.5 Å². The number of nitrogens with zero attached hydrogens (tertiary/aromatic N) is 3. The summed E-state index contributed by atoms with van der Waals surface area (Å²) in [6.07, 6.45) is 0. The Morgan fingerprint density at radius 1 is 1.08 bits per heavy atom. The lowest BCUT2D eigenvalue weighted by Gasteiger charge is -2.09. The van der Waals surface area contributed by atoms with E-state index in [9.17, 15) is 4.79 Å². The molecule has 1 heterocycles. The van der Waals surface area contributed by atoms with Crippen molar-refractivity contribution in [1.29, 1.82) is 5.26 Å².